The summed E-state index contributed by atoms with van der Waals surface area (Å²) in [5.41, 5.74) is 6.89. The molecule has 6 heteroatoms. The Morgan fingerprint density at radius 3 is 2.33 bits per heavy atom. The molecule has 6 rings (SSSR count). The third-order valence-electron chi connectivity index (χ3n) is 8.36. The molecule has 1 saturated heterocycles. The van der Waals surface area contributed by atoms with Gasteiger partial charge in [0.15, 0.2) is 0 Å². The van der Waals surface area contributed by atoms with Gasteiger partial charge in [0.05, 0.1) is 12.5 Å². The van der Waals surface area contributed by atoms with Gasteiger partial charge in [0.25, 0.3) is 0 Å². The largest absolute Gasteiger partial charge is 0.356 e. The number of nitrogens with one attached hydrogen (secondary N) is 1. The minimum atomic E-state index is -0.165. The van der Waals surface area contributed by atoms with Crippen molar-refractivity contribution in [2.75, 3.05) is 26.2 Å². The van der Waals surface area contributed by atoms with Crippen molar-refractivity contribution in [3.63, 3.8) is 0 Å². The lowest BCUT2D eigenvalue weighted by Crippen LogP contribution is -2.41. The van der Waals surface area contributed by atoms with Crippen LogP contribution in [-0.2, 0) is 24.1 Å². The molecular weight excluding hydrogens is 525 g/mol. The zero-order valence-corrected chi connectivity index (χ0v) is 23.8. The number of benzene rings is 3. The Bertz CT molecular complexity index is 1440. The average molecular weight is 561 g/mol. The van der Waals surface area contributed by atoms with E-state index in [-0.39, 0.29) is 11.9 Å². The summed E-state index contributed by atoms with van der Waals surface area (Å²) in [6.07, 6.45) is 7.47. The topological polar surface area (TPSA) is 39.3 Å². The Kier molecular flexibility index (Phi) is 7.97. The average Bonchev–Trinajstić information content (AvgIpc) is 3.32. The predicted molar refractivity (Wildman–Crippen MR) is 161 cm³/mol. The Morgan fingerprint density at radius 1 is 0.846 bits per heavy atom. The molecular formula is C33H35Cl2N3O. The number of rotatable bonds is 7. The SMILES string of the molecule is O=C(Cc1ccc(Cl)cc1)N1CCc2c([nH]c3ccc(Cl)cc23)C1c1ccc(CCCN2CCCCC2)cc1. The molecule has 4 aromatic rings. The van der Waals surface area contributed by atoms with E-state index in [1.807, 2.05) is 47.4 Å². The number of hydrogen-bond donors (Lipinski definition) is 1. The van der Waals surface area contributed by atoms with Crippen LogP contribution in [0, 0.1) is 0 Å². The number of aromatic amines is 1. The molecule has 0 bridgehead atoms. The molecule has 0 spiro atoms. The van der Waals surface area contributed by atoms with Crippen LogP contribution in [0.5, 0.6) is 0 Å². The number of hydrogen-bond acceptors (Lipinski definition) is 2. The van der Waals surface area contributed by atoms with Gasteiger partial charge in [0, 0.05) is 33.2 Å². The first-order chi connectivity index (χ1) is 19.0. The van der Waals surface area contributed by atoms with E-state index < -0.39 is 0 Å². The smallest absolute Gasteiger partial charge is 0.227 e. The third kappa shape index (κ3) is 5.89. The number of aryl methyl sites for hydroxylation is 1. The lowest BCUT2D eigenvalue weighted by molar-refractivity contribution is -0.132. The van der Waals surface area contributed by atoms with Crippen LogP contribution < -0.4 is 0 Å². The van der Waals surface area contributed by atoms with Crippen LogP contribution in [0.3, 0.4) is 0 Å². The molecule has 1 atom stereocenters. The van der Waals surface area contributed by atoms with Crippen molar-refractivity contribution in [1.29, 1.82) is 0 Å². The summed E-state index contributed by atoms with van der Waals surface area (Å²) in [5.74, 6) is 0.121. The highest BCUT2D eigenvalue weighted by atomic mass is 35.5. The predicted octanol–water partition coefficient (Wildman–Crippen LogP) is 7.61. The highest BCUT2D eigenvalue weighted by Gasteiger charge is 2.34. The number of carbonyl (C=O) groups is 1. The number of nitrogens with zero attached hydrogens (tertiary/aromatic N) is 2. The molecule has 1 unspecified atom stereocenters. The van der Waals surface area contributed by atoms with Crippen LogP contribution in [0.1, 0.15) is 59.7 Å². The van der Waals surface area contributed by atoms with Gasteiger partial charge in [0.2, 0.25) is 5.91 Å². The Balaban J connectivity index is 1.26. The summed E-state index contributed by atoms with van der Waals surface area (Å²) in [4.78, 5) is 22.0. The van der Waals surface area contributed by atoms with E-state index in [2.05, 4.69) is 34.1 Å². The number of fused-ring (bicyclic) bond motifs is 3. The Morgan fingerprint density at radius 2 is 1.56 bits per heavy atom. The van der Waals surface area contributed by atoms with Crippen molar-refractivity contribution in [3.8, 4) is 0 Å². The maximum atomic E-state index is 13.7. The molecule has 2 aliphatic rings. The van der Waals surface area contributed by atoms with E-state index in [9.17, 15) is 4.79 Å². The van der Waals surface area contributed by atoms with Crippen molar-refractivity contribution in [2.24, 2.45) is 0 Å². The normalized spacial score (nSPS) is 17.9. The van der Waals surface area contributed by atoms with Crippen LogP contribution in [-0.4, -0.2) is 46.9 Å². The standard InChI is InChI=1S/C33H35Cl2N3O/c34-26-12-8-24(9-13-26)21-31(39)38-20-16-28-29-22-27(35)14-15-30(29)36-32(28)33(38)25-10-6-23(7-11-25)5-4-19-37-17-2-1-3-18-37/h6-15,22,33,36H,1-5,16-21H2. The lowest BCUT2D eigenvalue weighted by atomic mass is 9.91. The van der Waals surface area contributed by atoms with Crippen LogP contribution in [0.2, 0.25) is 10.0 Å². The number of halogens is 2. The van der Waals surface area contributed by atoms with E-state index >= 15 is 0 Å². The van der Waals surface area contributed by atoms with Crippen LogP contribution in [0.25, 0.3) is 10.9 Å². The van der Waals surface area contributed by atoms with Crippen LogP contribution >= 0.6 is 23.2 Å². The summed E-state index contributed by atoms with van der Waals surface area (Å²) in [5, 5.41) is 2.57. The number of carbonyl (C=O) groups excluding carboxylic acids is 1. The second-order valence-corrected chi connectivity index (χ2v) is 11.9. The quantitative estimate of drug-likeness (QED) is 0.253. The zero-order valence-electron chi connectivity index (χ0n) is 22.3. The van der Waals surface area contributed by atoms with Crippen molar-refractivity contribution >= 4 is 40.0 Å². The van der Waals surface area contributed by atoms with E-state index in [1.165, 1.54) is 56.4 Å². The van der Waals surface area contributed by atoms with Gasteiger partial charge in [-0.05, 0) is 104 Å². The number of H-pyrrole nitrogens is 1. The van der Waals surface area contributed by atoms with E-state index in [1.54, 1.807) is 0 Å². The van der Waals surface area contributed by atoms with Gasteiger partial charge in [-0.3, -0.25) is 4.79 Å². The summed E-state index contributed by atoms with van der Waals surface area (Å²) < 4.78 is 0. The second kappa shape index (κ2) is 11.8. The minimum Gasteiger partial charge on any atom is -0.356 e. The van der Waals surface area contributed by atoms with Gasteiger partial charge >= 0.3 is 0 Å². The fourth-order valence-electron chi connectivity index (χ4n) is 6.31. The molecule has 3 heterocycles. The number of piperidine rings is 1. The van der Waals surface area contributed by atoms with Gasteiger partial charge < -0.3 is 14.8 Å². The highest BCUT2D eigenvalue weighted by Crippen LogP contribution is 2.39. The molecule has 1 amide bonds. The van der Waals surface area contributed by atoms with E-state index in [4.69, 9.17) is 23.2 Å². The number of amides is 1. The van der Waals surface area contributed by atoms with Crippen LogP contribution in [0.15, 0.2) is 66.7 Å². The molecule has 202 valence electrons. The molecule has 1 N–H and O–H groups in total. The summed E-state index contributed by atoms with van der Waals surface area (Å²) in [7, 11) is 0. The summed E-state index contributed by atoms with van der Waals surface area (Å²) in [6.45, 7) is 4.34. The number of aromatic nitrogens is 1. The van der Waals surface area contributed by atoms with Gasteiger partial charge in [-0.2, -0.15) is 0 Å². The Labute approximate surface area is 240 Å². The first-order valence-corrected chi connectivity index (χ1v) is 15.0. The second-order valence-electron chi connectivity index (χ2n) is 11.0. The fraction of sp³-hybridized carbons (Fsp3) is 0.364. The summed E-state index contributed by atoms with van der Waals surface area (Å²) in [6, 6.07) is 22.4. The molecule has 0 saturated carbocycles. The van der Waals surface area contributed by atoms with E-state index in [0.717, 1.165) is 45.6 Å². The molecule has 2 aliphatic heterocycles. The molecule has 1 fully saturated rings. The van der Waals surface area contributed by atoms with E-state index in [0.29, 0.717) is 18.0 Å². The molecule has 4 nitrogen and oxygen atoms in total. The van der Waals surface area contributed by atoms with Crippen molar-refractivity contribution in [1.82, 2.24) is 14.8 Å². The van der Waals surface area contributed by atoms with Crippen LogP contribution in [0.4, 0.5) is 0 Å². The number of likely N-dealkylation sites (tertiary alicyclic amines) is 1. The maximum absolute atomic E-state index is 13.7. The first kappa shape index (κ1) is 26.4. The summed E-state index contributed by atoms with van der Waals surface area (Å²) >= 11 is 12.4. The fourth-order valence-corrected chi connectivity index (χ4v) is 6.61. The third-order valence-corrected chi connectivity index (χ3v) is 8.85. The van der Waals surface area contributed by atoms with Crippen molar-refractivity contribution in [2.45, 2.75) is 51.0 Å². The molecule has 39 heavy (non-hydrogen) atoms. The van der Waals surface area contributed by atoms with Gasteiger partial charge in [-0.25, -0.2) is 0 Å². The van der Waals surface area contributed by atoms with Gasteiger partial charge in [-0.15, -0.1) is 0 Å². The maximum Gasteiger partial charge on any atom is 0.227 e. The highest BCUT2D eigenvalue weighted by molar-refractivity contribution is 6.31. The lowest BCUT2D eigenvalue weighted by Gasteiger charge is -2.36. The Hall–Kier alpha value is -2.79. The minimum absolute atomic E-state index is 0.121. The van der Waals surface area contributed by atoms with Gasteiger partial charge in [-0.1, -0.05) is 66.0 Å². The molecule has 0 aliphatic carbocycles. The zero-order chi connectivity index (χ0) is 26.8. The molecule has 3 aromatic carbocycles. The molecule has 1 aromatic heterocycles. The van der Waals surface area contributed by atoms with Crippen molar-refractivity contribution < 1.29 is 4.79 Å². The van der Waals surface area contributed by atoms with Gasteiger partial charge in [0.1, 0.15) is 0 Å². The monoisotopic (exact) mass is 559 g/mol. The van der Waals surface area contributed by atoms with Crippen molar-refractivity contribution in [3.05, 3.63) is 105 Å². The first-order valence-electron chi connectivity index (χ1n) is 14.2. The molecule has 0 radical (unpaired) electrons.